The van der Waals surface area contributed by atoms with E-state index in [1.54, 1.807) is 5.48 Å². The number of carbonyl (C=O) groups excluding carboxylic acids is 2. The Morgan fingerprint density at radius 3 is 1.53 bits per heavy atom. The first-order chi connectivity index (χ1) is 15.5. The van der Waals surface area contributed by atoms with Gasteiger partial charge >= 0.3 is 0 Å². The molecule has 0 aromatic heterocycles. The molecule has 166 valence electrons. The summed E-state index contributed by atoms with van der Waals surface area (Å²) < 4.78 is 0. The summed E-state index contributed by atoms with van der Waals surface area (Å²) in [5, 5.41) is 12.0. The second-order valence-corrected chi connectivity index (χ2v) is 8.41. The van der Waals surface area contributed by atoms with Gasteiger partial charge in [-0.1, -0.05) is 105 Å². The fraction of sp³-hybridized carbons (Fsp3) is 0.259. The molecule has 0 saturated carbocycles. The summed E-state index contributed by atoms with van der Waals surface area (Å²) in [7, 11) is 0. The van der Waals surface area contributed by atoms with Crippen molar-refractivity contribution in [1.82, 2.24) is 10.8 Å². The van der Waals surface area contributed by atoms with Crippen LogP contribution in [0.5, 0.6) is 0 Å². The Balaban J connectivity index is 2.09. The number of benzene rings is 3. The molecule has 3 aromatic rings. The van der Waals surface area contributed by atoms with E-state index < -0.39 is 17.4 Å². The maximum Gasteiger partial charge on any atom is 0.265 e. The molecule has 0 saturated heterocycles. The number of nitrogens with one attached hydrogen (secondary N) is 2. The Hall–Kier alpha value is -3.44. The van der Waals surface area contributed by atoms with Crippen LogP contribution in [-0.4, -0.2) is 23.1 Å². The van der Waals surface area contributed by atoms with Crippen LogP contribution in [0.3, 0.4) is 0 Å². The molecule has 0 unspecified atom stereocenters. The van der Waals surface area contributed by atoms with Crippen LogP contribution in [0.25, 0.3) is 0 Å². The molecular weight excluding hydrogens is 400 g/mol. The first-order valence-corrected chi connectivity index (χ1v) is 10.9. The smallest absolute Gasteiger partial charge is 0.265 e. The molecule has 0 aliphatic heterocycles. The van der Waals surface area contributed by atoms with Crippen molar-refractivity contribution in [2.24, 2.45) is 5.92 Å². The van der Waals surface area contributed by atoms with Gasteiger partial charge in [0.1, 0.15) is 6.04 Å². The number of hydroxylamine groups is 1. The maximum atomic E-state index is 13.4. The Morgan fingerprint density at radius 1 is 0.781 bits per heavy atom. The van der Waals surface area contributed by atoms with Gasteiger partial charge in [-0.25, -0.2) is 5.48 Å². The lowest BCUT2D eigenvalue weighted by atomic mass is 9.67. The van der Waals surface area contributed by atoms with Crippen LogP contribution in [0.1, 0.15) is 43.4 Å². The molecule has 5 heteroatoms. The van der Waals surface area contributed by atoms with E-state index >= 15 is 0 Å². The molecule has 3 aromatic carbocycles. The average Bonchev–Trinajstić information content (AvgIpc) is 2.83. The highest BCUT2D eigenvalue weighted by Crippen LogP contribution is 2.42. The maximum absolute atomic E-state index is 13.4. The van der Waals surface area contributed by atoms with E-state index in [0.29, 0.717) is 6.42 Å². The van der Waals surface area contributed by atoms with Gasteiger partial charge in [0, 0.05) is 6.42 Å². The number of carbonyl (C=O) groups is 2. The molecule has 0 heterocycles. The van der Waals surface area contributed by atoms with E-state index in [-0.39, 0.29) is 18.2 Å². The second-order valence-electron chi connectivity index (χ2n) is 8.41. The lowest BCUT2D eigenvalue weighted by Crippen LogP contribution is -2.48. The number of amides is 2. The van der Waals surface area contributed by atoms with Crippen LogP contribution >= 0.6 is 0 Å². The third kappa shape index (κ3) is 5.24. The van der Waals surface area contributed by atoms with Gasteiger partial charge in [0.15, 0.2) is 0 Å². The topological polar surface area (TPSA) is 78.4 Å². The SMILES string of the molecule is CC(C)C[C@@H](NC(=O)CC(c1ccccc1)(c1ccccc1)c1ccccc1)C(=O)NO. The van der Waals surface area contributed by atoms with Crippen LogP contribution in [0.2, 0.25) is 0 Å². The van der Waals surface area contributed by atoms with Gasteiger partial charge in [-0.05, 0) is 29.0 Å². The largest absolute Gasteiger partial charge is 0.344 e. The van der Waals surface area contributed by atoms with Gasteiger partial charge in [-0.15, -0.1) is 0 Å². The predicted octanol–water partition coefficient (Wildman–Crippen LogP) is 4.45. The molecule has 0 fully saturated rings. The quantitative estimate of drug-likeness (QED) is 0.267. The molecule has 2 amide bonds. The van der Waals surface area contributed by atoms with Gasteiger partial charge in [0.05, 0.1) is 5.41 Å². The summed E-state index contributed by atoms with van der Waals surface area (Å²) in [5.41, 5.74) is 3.89. The van der Waals surface area contributed by atoms with E-state index in [4.69, 9.17) is 5.21 Å². The first-order valence-electron chi connectivity index (χ1n) is 10.9. The fourth-order valence-corrected chi connectivity index (χ4v) is 4.24. The van der Waals surface area contributed by atoms with E-state index in [2.05, 4.69) is 5.32 Å². The molecule has 32 heavy (non-hydrogen) atoms. The van der Waals surface area contributed by atoms with Crippen LogP contribution in [0.4, 0.5) is 0 Å². The summed E-state index contributed by atoms with van der Waals surface area (Å²) in [4.78, 5) is 25.6. The van der Waals surface area contributed by atoms with E-state index in [9.17, 15) is 9.59 Å². The zero-order chi connectivity index (χ0) is 23.0. The van der Waals surface area contributed by atoms with Crippen molar-refractivity contribution < 1.29 is 14.8 Å². The van der Waals surface area contributed by atoms with Crippen molar-refractivity contribution >= 4 is 11.8 Å². The standard InChI is InChI=1S/C27H30N2O3/c1-20(2)18-24(26(31)29-32)28-25(30)19-27(21-12-6-3-7-13-21,22-14-8-4-9-15-22)23-16-10-5-11-17-23/h3-17,20,24,32H,18-19H2,1-2H3,(H,28,30)(H,29,31)/t24-/m1/s1. The highest BCUT2D eigenvalue weighted by atomic mass is 16.5. The molecule has 0 aliphatic rings. The van der Waals surface area contributed by atoms with E-state index in [0.717, 1.165) is 16.7 Å². The third-order valence-corrected chi connectivity index (χ3v) is 5.69. The van der Waals surface area contributed by atoms with E-state index in [1.807, 2.05) is 105 Å². The molecule has 3 N–H and O–H groups in total. The Bertz CT molecular complexity index is 908. The molecule has 0 spiro atoms. The molecule has 0 aliphatic carbocycles. The van der Waals surface area contributed by atoms with Crippen molar-refractivity contribution in [2.45, 2.75) is 38.1 Å². The van der Waals surface area contributed by atoms with Gasteiger partial charge in [0.25, 0.3) is 5.91 Å². The summed E-state index contributed by atoms with van der Waals surface area (Å²) in [6, 6.07) is 29.0. The van der Waals surface area contributed by atoms with Crippen molar-refractivity contribution in [3.05, 3.63) is 108 Å². The van der Waals surface area contributed by atoms with Crippen molar-refractivity contribution in [3.8, 4) is 0 Å². The lowest BCUT2D eigenvalue weighted by Gasteiger charge is -2.36. The number of hydrogen-bond acceptors (Lipinski definition) is 3. The minimum Gasteiger partial charge on any atom is -0.344 e. The molecule has 1 atom stereocenters. The Kier molecular flexibility index (Phi) is 7.79. The molecule has 0 radical (unpaired) electrons. The number of hydrogen-bond donors (Lipinski definition) is 3. The highest BCUT2D eigenvalue weighted by Gasteiger charge is 2.39. The van der Waals surface area contributed by atoms with Crippen LogP contribution in [0.15, 0.2) is 91.0 Å². The Labute approximate surface area is 189 Å². The second kappa shape index (κ2) is 10.7. The lowest BCUT2D eigenvalue weighted by molar-refractivity contribution is -0.135. The molecule has 0 bridgehead atoms. The average molecular weight is 431 g/mol. The number of rotatable bonds is 9. The first kappa shape index (κ1) is 23.2. The zero-order valence-corrected chi connectivity index (χ0v) is 18.5. The predicted molar refractivity (Wildman–Crippen MR) is 125 cm³/mol. The minimum absolute atomic E-state index is 0.109. The van der Waals surface area contributed by atoms with Gasteiger partial charge in [0.2, 0.25) is 5.91 Å². The fourth-order valence-electron chi connectivity index (χ4n) is 4.24. The summed E-state index contributed by atoms with van der Waals surface area (Å²) >= 11 is 0. The normalized spacial score (nSPS) is 12.2. The minimum atomic E-state index is -0.812. The van der Waals surface area contributed by atoms with Crippen LogP contribution in [0, 0.1) is 5.92 Å². The molecule has 5 nitrogen and oxygen atoms in total. The Morgan fingerprint density at radius 2 is 1.19 bits per heavy atom. The van der Waals surface area contributed by atoms with Crippen LogP contribution < -0.4 is 10.8 Å². The third-order valence-electron chi connectivity index (χ3n) is 5.69. The summed E-state index contributed by atoms with van der Waals surface area (Å²) in [6.07, 6.45) is 0.533. The van der Waals surface area contributed by atoms with Crippen molar-refractivity contribution in [2.75, 3.05) is 0 Å². The summed E-state index contributed by atoms with van der Waals surface area (Å²) in [6.45, 7) is 3.93. The highest BCUT2D eigenvalue weighted by molar-refractivity contribution is 5.88. The van der Waals surface area contributed by atoms with Gasteiger partial charge in [-0.3, -0.25) is 14.8 Å². The summed E-state index contributed by atoms with van der Waals surface area (Å²) in [5.74, 6) is -0.715. The molecule has 3 rings (SSSR count). The zero-order valence-electron chi connectivity index (χ0n) is 18.5. The van der Waals surface area contributed by atoms with Crippen molar-refractivity contribution in [1.29, 1.82) is 0 Å². The monoisotopic (exact) mass is 430 g/mol. The van der Waals surface area contributed by atoms with E-state index in [1.165, 1.54) is 0 Å². The van der Waals surface area contributed by atoms with Gasteiger partial charge < -0.3 is 5.32 Å². The molecular formula is C27H30N2O3. The van der Waals surface area contributed by atoms with Crippen molar-refractivity contribution in [3.63, 3.8) is 0 Å². The van der Waals surface area contributed by atoms with Crippen LogP contribution in [-0.2, 0) is 15.0 Å². The van der Waals surface area contributed by atoms with Gasteiger partial charge in [-0.2, -0.15) is 0 Å².